The molecule has 0 saturated carbocycles. The second kappa shape index (κ2) is 22.9. The Hall–Kier alpha value is -6.84. The van der Waals surface area contributed by atoms with Crippen LogP contribution in [0, 0.1) is 0 Å². The molecular formula is C44H52N4O12. The molecule has 0 radical (unpaired) electrons. The van der Waals surface area contributed by atoms with E-state index in [1.807, 2.05) is 72.8 Å². The Morgan fingerprint density at radius 2 is 0.550 bits per heavy atom. The normalized spacial score (nSPS) is 11.7. The lowest BCUT2D eigenvalue weighted by atomic mass is 9.91. The third-order valence-electron chi connectivity index (χ3n) is 9.61. The maximum absolute atomic E-state index is 11.1. The number of fused-ring (bicyclic) bond motifs is 8. The summed E-state index contributed by atoms with van der Waals surface area (Å²) in [7, 11) is 0. The Morgan fingerprint density at radius 3 is 0.717 bits per heavy atom. The van der Waals surface area contributed by atoms with Crippen molar-refractivity contribution >= 4 is 24.4 Å². The molecule has 8 bridgehead atoms. The average molecular weight is 829 g/mol. The van der Waals surface area contributed by atoms with E-state index in [1.54, 1.807) is 0 Å². The zero-order chi connectivity index (χ0) is 42.7. The van der Waals surface area contributed by atoms with Gasteiger partial charge in [0.15, 0.2) is 0 Å². The van der Waals surface area contributed by atoms with Gasteiger partial charge in [0.1, 0.15) is 23.0 Å². The van der Waals surface area contributed by atoms with Crippen LogP contribution in [0.4, 0.5) is 19.2 Å². The van der Waals surface area contributed by atoms with Gasteiger partial charge in [-0.3, -0.25) is 0 Å². The highest BCUT2D eigenvalue weighted by molar-refractivity contribution is 5.65. The molecule has 1 aliphatic rings. The third-order valence-corrected chi connectivity index (χ3v) is 9.61. The van der Waals surface area contributed by atoms with E-state index in [-0.39, 0.29) is 52.6 Å². The maximum Gasteiger partial charge on any atom is 0.404 e. The minimum Gasteiger partial charge on any atom is -0.493 e. The zero-order valence-electron chi connectivity index (χ0n) is 33.3. The van der Waals surface area contributed by atoms with Crippen molar-refractivity contribution in [2.75, 3.05) is 52.6 Å². The van der Waals surface area contributed by atoms with Crippen LogP contribution < -0.4 is 40.2 Å². The molecule has 1 aliphatic carbocycles. The van der Waals surface area contributed by atoms with Crippen molar-refractivity contribution in [1.82, 2.24) is 21.3 Å². The van der Waals surface area contributed by atoms with E-state index in [0.29, 0.717) is 74.4 Å². The highest BCUT2D eigenvalue weighted by Crippen LogP contribution is 2.39. The van der Waals surface area contributed by atoms with Crippen LogP contribution in [0.2, 0.25) is 0 Å². The quantitative estimate of drug-likeness (QED) is 0.0393. The van der Waals surface area contributed by atoms with Gasteiger partial charge in [-0.05, 0) is 70.2 Å². The zero-order valence-corrected chi connectivity index (χ0v) is 33.3. The van der Waals surface area contributed by atoms with E-state index in [0.717, 1.165) is 44.5 Å². The first-order valence-electron chi connectivity index (χ1n) is 19.9. The molecule has 16 nitrogen and oxygen atoms in total. The van der Waals surface area contributed by atoms with Crippen LogP contribution in [-0.2, 0) is 25.7 Å². The number of para-hydroxylation sites is 4. The topological polar surface area (TPSA) is 234 Å². The van der Waals surface area contributed by atoms with Gasteiger partial charge in [0.2, 0.25) is 0 Å². The van der Waals surface area contributed by atoms with Gasteiger partial charge in [0.25, 0.3) is 0 Å². The number of ether oxygens (including phenoxy) is 4. The second-order valence-electron chi connectivity index (χ2n) is 14.1. The summed E-state index contributed by atoms with van der Waals surface area (Å²) in [5.74, 6) is 2.62. The maximum atomic E-state index is 11.1. The van der Waals surface area contributed by atoms with Crippen LogP contribution in [0.5, 0.6) is 23.0 Å². The number of carbonyl (C=O) groups is 4. The average Bonchev–Trinajstić information content (AvgIpc) is 3.20. The first-order valence-corrected chi connectivity index (χ1v) is 19.9. The first-order chi connectivity index (χ1) is 29.1. The van der Waals surface area contributed by atoms with Crippen LogP contribution in [0.1, 0.15) is 70.2 Å². The standard InChI is InChI=1S/C44H52N4O12/c49-41(50)45-17-5-21-57-37-29-9-1-10-30(37)26-32-12-3-14-34(39(32)59-23-7-19-47-43(53)54)28-36-16-4-15-35(40(36)60-24-8-20-48-44(55)56)27-33-13-2-11-31(25-29)38(33)58-22-6-18-46-42(51)52/h1-4,9-16,45-48H,5-8,17-28H2,(H,49,50)(H,51,52)(H,53,54)(H,55,56). The molecule has 60 heavy (non-hydrogen) atoms. The molecule has 0 unspecified atom stereocenters. The molecule has 0 heterocycles. The van der Waals surface area contributed by atoms with Gasteiger partial charge in [-0.15, -0.1) is 0 Å². The molecule has 4 aromatic rings. The van der Waals surface area contributed by atoms with Crippen molar-refractivity contribution in [1.29, 1.82) is 0 Å². The largest absolute Gasteiger partial charge is 0.493 e. The minimum absolute atomic E-state index is 0.214. The number of hydrogen-bond acceptors (Lipinski definition) is 8. The SMILES string of the molecule is O=C(O)NCCCOc1c2cccc1Cc1cccc(c1OCCCNC(=O)O)Cc1cccc(c1OCCCNC(=O)O)Cc1cccc(c1OCCCNC(=O)O)C2. The lowest BCUT2D eigenvalue weighted by Gasteiger charge is -2.23. The van der Waals surface area contributed by atoms with Gasteiger partial charge in [0.05, 0.1) is 26.4 Å². The lowest BCUT2D eigenvalue weighted by Crippen LogP contribution is -2.23. The monoisotopic (exact) mass is 828 g/mol. The summed E-state index contributed by atoms with van der Waals surface area (Å²) < 4.78 is 26.0. The Morgan fingerprint density at radius 1 is 0.367 bits per heavy atom. The lowest BCUT2D eigenvalue weighted by molar-refractivity contribution is 0.192. The molecular weight excluding hydrogens is 776 g/mol. The number of hydrogen-bond donors (Lipinski definition) is 8. The molecule has 0 aromatic heterocycles. The predicted molar refractivity (Wildman–Crippen MR) is 222 cm³/mol. The van der Waals surface area contributed by atoms with Crippen molar-refractivity contribution in [3.63, 3.8) is 0 Å². The van der Waals surface area contributed by atoms with Crippen molar-refractivity contribution < 1.29 is 58.6 Å². The molecule has 320 valence electrons. The summed E-state index contributed by atoms with van der Waals surface area (Å²) in [6, 6.07) is 23.8. The number of rotatable bonds is 20. The van der Waals surface area contributed by atoms with Gasteiger partial charge in [0, 0.05) is 51.9 Å². The third kappa shape index (κ3) is 13.6. The van der Waals surface area contributed by atoms with Crippen molar-refractivity contribution in [2.45, 2.75) is 51.4 Å². The van der Waals surface area contributed by atoms with E-state index in [1.165, 1.54) is 0 Å². The number of benzene rings is 4. The molecule has 0 atom stereocenters. The van der Waals surface area contributed by atoms with Crippen LogP contribution >= 0.6 is 0 Å². The van der Waals surface area contributed by atoms with Crippen LogP contribution in [0.3, 0.4) is 0 Å². The predicted octanol–water partition coefficient (Wildman–Crippen LogP) is 6.51. The van der Waals surface area contributed by atoms with Crippen molar-refractivity contribution in [2.24, 2.45) is 0 Å². The number of amides is 4. The molecule has 4 amide bonds. The van der Waals surface area contributed by atoms with Gasteiger partial charge >= 0.3 is 24.4 Å². The molecule has 0 saturated heterocycles. The Balaban J connectivity index is 1.62. The van der Waals surface area contributed by atoms with E-state index in [2.05, 4.69) is 21.3 Å². The van der Waals surface area contributed by atoms with E-state index in [9.17, 15) is 19.2 Å². The second-order valence-corrected chi connectivity index (χ2v) is 14.1. The number of nitrogens with one attached hydrogen (secondary N) is 4. The molecule has 0 fully saturated rings. The Kier molecular flexibility index (Phi) is 16.9. The van der Waals surface area contributed by atoms with Gasteiger partial charge in [-0.1, -0.05) is 72.8 Å². The van der Waals surface area contributed by atoms with Crippen molar-refractivity contribution in [3.05, 3.63) is 117 Å². The Bertz CT molecular complexity index is 1720. The van der Waals surface area contributed by atoms with Gasteiger partial charge in [-0.2, -0.15) is 0 Å². The molecule has 0 aliphatic heterocycles. The fourth-order valence-corrected chi connectivity index (χ4v) is 6.99. The van der Waals surface area contributed by atoms with Crippen molar-refractivity contribution in [3.8, 4) is 23.0 Å². The fourth-order valence-electron chi connectivity index (χ4n) is 6.99. The molecule has 16 heteroatoms. The number of carboxylic acid groups (broad SMARTS) is 4. The minimum atomic E-state index is -1.11. The van der Waals surface area contributed by atoms with Crippen LogP contribution in [-0.4, -0.2) is 97.4 Å². The van der Waals surface area contributed by atoms with Crippen LogP contribution in [0.25, 0.3) is 0 Å². The highest BCUT2D eigenvalue weighted by atomic mass is 16.5. The van der Waals surface area contributed by atoms with Crippen LogP contribution in [0.15, 0.2) is 72.8 Å². The Labute approximate surface area is 347 Å². The summed E-state index contributed by atoms with van der Waals surface area (Å²) in [5, 5.41) is 46.0. The molecule has 5 rings (SSSR count). The smallest absolute Gasteiger partial charge is 0.404 e. The molecule has 0 spiro atoms. The summed E-state index contributed by atoms with van der Waals surface area (Å²) in [4.78, 5) is 44.5. The summed E-state index contributed by atoms with van der Waals surface area (Å²) >= 11 is 0. The van der Waals surface area contributed by atoms with Gasteiger partial charge < -0.3 is 60.6 Å². The van der Waals surface area contributed by atoms with E-state index >= 15 is 0 Å². The molecule has 8 N–H and O–H groups in total. The van der Waals surface area contributed by atoms with E-state index in [4.69, 9.17) is 39.4 Å². The fraction of sp³-hybridized carbons (Fsp3) is 0.364. The molecule has 4 aromatic carbocycles. The first kappa shape index (κ1) is 44.3. The van der Waals surface area contributed by atoms with E-state index < -0.39 is 24.4 Å². The summed E-state index contributed by atoms with van der Waals surface area (Å²) in [6.45, 7) is 1.83. The highest BCUT2D eigenvalue weighted by Gasteiger charge is 2.22. The van der Waals surface area contributed by atoms with Gasteiger partial charge in [-0.25, -0.2) is 19.2 Å². The summed E-state index contributed by atoms with van der Waals surface area (Å²) in [5.41, 5.74) is 7.00. The summed E-state index contributed by atoms with van der Waals surface area (Å²) in [6.07, 6.45) is -1.08.